The van der Waals surface area contributed by atoms with Crippen molar-refractivity contribution in [3.05, 3.63) is 123 Å². The first-order chi connectivity index (χ1) is 37.9. The average Bonchev–Trinajstić information content (AvgIpc) is 3.48. The Kier molecular flexibility index (Phi) is 20.3. The summed E-state index contributed by atoms with van der Waals surface area (Å²) in [5.74, 6) is 27.0. The molecule has 0 atom stereocenters. The fourth-order valence-electron chi connectivity index (χ4n) is 8.53. The normalized spacial score (nSPS) is 10.6. The van der Waals surface area contributed by atoms with Gasteiger partial charge in [-0.1, -0.05) is 35.5 Å². The molecule has 0 radical (unpaired) electrons. The van der Waals surface area contributed by atoms with Crippen molar-refractivity contribution in [2.75, 3.05) is 114 Å². The van der Waals surface area contributed by atoms with Crippen LogP contribution in [0.15, 0.2) is 78.4 Å². The van der Waals surface area contributed by atoms with E-state index in [0.29, 0.717) is 131 Å². The van der Waals surface area contributed by atoms with Gasteiger partial charge in [-0.25, -0.2) is 0 Å². The van der Waals surface area contributed by atoms with Gasteiger partial charge in [0, 0.05) is 28.7 Å². The van der Waals surface area contributed by atoms with E-state index in [1.807, 2.05) is 36.4 Å². The van der Waals surface area contributed by atoms with Crippen LogP contribution >= 0.6 is 0 Å². The predicted octanol–water partition coefficient (Wildman–Crippen LogP) is 9.91. The summed E-state index contributed by atoms with van der Waals surface area (Å²) in [7, 11) is 24.9. The van der Waals surface area contributed by atoms with E-state index < -0.39 is 0 Å². The number of benzene rings is 6. The third-order valence-corrected chi connectivity index (χ3v) is 12.3. The van der Waals surface area contributed by atoms with Gasteiger partial charge in [0.05, 0.1) is 114 Å². The van der Waals surface area contributed by atoms with Gasteiger partial charge in [0.2, 0.25) is 23.0 Å². The van der Waals surface area contributed by atoms with Crippen LogP contribution in [0.25, 0.3) is 5.57 Å². The topological polar surface area (TPSA) is 148 Å². The molecular weight excluding hydrogens is 1000 g/mol. The monoisotopic (exact) mass is 1060 g/mol. The molecule has 16 nitrogen and oxygen atoms in total. The van der Waals surface area contributed by atoms with E-state index in [-0.39, 0.29) is 12.8 Å². The van der Waals surface area contributed by atoms with Crippen molar-refractivity contribution >= 4 is 5.57 Å². The molecule has 78 heavy (non-hydrogen) atoms. The van der Waals surface area contributed by atoms with Crippen molar-refractivity contribution in [1.29, 1.82) is 0 Å². The van der Waals surface area contributed by atoms with Crippen LogP contribution in [0.3, 0.4) is 0 Å². The van der Waals surface area contributed by atoms with Crippen molar-refractivity contribution in [3.8, 4) is 128 Å². The SMILES string of the molecule is COc1cc(C#C/C(Cc2cc(OC)c(OC)c(OC)c2)=C(\Cc2cc(OC)c(OC)c(OC)c2)c2cc(OC)c(C#Cc3cc(OC)c(OC)c(OC)c3)c(OC)c2)cc(OC)c1C#Cc1cc(OC)c(OC)c(OC)c1. The second kappa shape index (κ2) is 27.4. The van der Waals surface area contributed by atoms with E-state index >= 15 is 0 Å². The minimum Gasteiger partial charge on any atom is -0.495 e. The Labute approximate surface area is 456 Å². The molecule has 0 aliphatic carbocycles. The largest absolute Gasteiger partial charge is 0.495 e. The van der Waals surface area contributed by atoms with E-state index in [0.717, 1.165) is 16.7 Å². The molecule has 6 aromatic rings. The molecule has 408 valence electrons. The van der Waals surface area contributed by atoms with Gasteiger partial charge in [-0.15, -0.1) is 0 Å². The molecule has 0 amide bonds. The number of methoxy groups -OCH3 is 16. The van der Waals surface area contributed by atoms with Crippen LogP contribution in [0.5, 0.6) is 92.0 Å². The maximum absolute atomic E-state index is 6.13. The number of ether oxygens (including phenoxy) is 16. The van der Waals surface area contributed by atoms with Crippen LogP contribution in [-0.2, 0) is 12.8 Å². The summed E-state index contributed by atoms with van der Waals surface area (Å²) >= 11 is 0. The standard InChI is InChI=1S/C62H64O16/c1-63-47-25-37(26-48(64-2)44(47)21-18-38-27-51(67-5)59(75-13)52(28-38)68-6)17-20-42(23-40-31-55(71-9)61(77-15)56(32-40)72-10)46(24-41-33-57(73-11)62(78-16)58(34-41)74-12)43-35-49(65-3)45(50(36-43)66-4)22-19-39-29-53(69-7)60(76-14)54(30-39)70-8/h25-36H,23-24H2,1-16H3/b46-42-. The molecule has 0 aromatic heterocycles. The molecular formula is C62H64O16. The van der Waals surface area contributed by atoms with Crippen LogP contribution in [-0.4, -0.2) is 114 Å². The maximum atomic E-state index is 6.13. The highest BCUT2D eigenvalue weighted by Crippen LogP contribution is 2.44. The number of allylic oxidation sites excluding steroid dienone is 2. The van der Waals surface area contributed by atoms with Crippen molar-refractivity contribution < 1.29 is 75.8 Å². The summed E-state index contributed by atoms with van der Waals surface area (Å²) in [4.78, 5) is 0. The predicted molar refractivity (Wildman–Crippen MR) is 297 cm³/mol. The first-order valence-corrected chi connectivity index (χ1v) is 23.9. The van der Waals surface area contributed by atoms with Crippen LogP contribution in [0.2, 0.25) is 0 Å². The highest BCUT2D eigenvalue weighted by Gasteiger charge is 2.23. The Balaban J connectivity index is 1.67. The first kappa shape index (κ1) is 57.8. The zero-order valence-electron chi connectivity index (χ0n) is 46.9. The van der Waals surface area contributed by atoms with Gasteiger partial charge in [0.1, 0.15) is 34.1 Å². The van der Waals surface area contributed by atoms with Crippen molar-refractivity contribution in [2.45, 2.75) is 12.8 Å². The molecule has 0 aliphatic heterocycles. The molecule has 0 heterocycles. The Bertz CT molecular complexity index is 3210. The first-order valence-electron chi connectivity index (χ1n) is 23.9. The van der Waals surface area contributed by atoms with E-state index in [9.17, 15) is 0 Å². The van der Waals surface area contributed by atoms with Gasteiger partial charge < -0.3 is 75.8 Å². The lowest BCUT2D eigenvalue weighted by atomic mass is 9.89. The number of rotatable bonds is 21. The minimum atomic E-state index is 0.253. The fraction of sp³-hybridized carbons (Fsp3) is 0.290. The van der Waals surface area contributed by atoms with E-state index in [1.165, 1.54) is 0 Å². The summed E-state index contributed by atoms with van der Waals surface area (Å²) < 4.78 is 92.4. The average molecular weight is 1070 g/mol. The molecule has 6 rings (SSSR count). The molecule has 0 bridgehead atoms. The van der Waals surface area contributed by atoms with E-state index in [4.69, 9.17) is 75.8 Å². The molecule has 0 saturated carbocycles. The summed E-state index contributed by atoms with van der Waals surface area (Å²) in [5.41, 5.74) is 6.44. The second-order valence-corrected chi connectivity index (χ2v) is 16.5. The summed E-state index contributed by atoms with van der Waals surface area (Å²) in [6, 6.07) is 22.0. The van der Waals surface area contributed by atoms with Gasteiger partial charge in [-0.3, -0.25) is 0 Å². The summed E-state index contributed by atoms with van der Waals surface area (Å²) in [6.07, 6.45) is 0.527. The Morgan fingerprint density at radius 1 is 0.269 bits per heavy atom. The highest BCUT2D eigenvalue weighted by atomic mass is 16.6. The second-order valence-electron chi connectivity index (χ2n) is 16.5. The zero-order chi connectivity index (χ0) is 56.5. The zero-order valence-corrected chi connectivity index (χ0v) is 46.9. The molecule has 6 aromatic carbocycles. The molecule has 16 heteroatoms. The van der Waals surface area contributed by atoms with Crippen LogP contribution in [0.1, 0.15) is 44.5 Å². The van der Waals surface area contributed by atoms with Crippen molar-refractivity contribution in [2.24, 2.45) is 0 Å². The van der Waals surface area contributed by atoms with Crippen LogP contribution in [0.4, 0.5) is 0 Å². The minimum absolute atomic E-state index is 0.253. The van der Waals surface area contributed by atoms with Gasteiger partial charge in [0.25, 0.3) is 0 Å². The van der Waals surface area contributed by atoms with Crippen molar-refractivity contribution in [1.82, 2.24) is 0 Å². The van der Waals surface area contributed by atoms with Crippen LogP contribution < -0.4 is 75.8 Å². The quantitative estimate of drug-likeness (QED) is 0.0629. The molecule has 0 saturated heterocycles. The lowest BCUT2D eigenvalue weighted by Gasteiger charge is -2.19. The molecule has 0 aliphatic rings. The van der Waals surface area contributed by atoms with Gasteiger partial charge in [-0.05, 0) is 101 Å². The smallest absolute Gasteiger partial charge is 0.203 e. The van der Waals surface area contributed by atoms with E-state index in [2.05, 4.69) is 35.5 Å². The number of hydrogen-bond acceptors (Lipinski definition) is 16. The third-order valence-electron chi connectivity index (χ3n) is 12.3. The molecule has 0 spiro atoms. The highest BCUT2D eigenvalue weighted by molar-refractivity contribution is 5.79. The van der Waals surface area contributed by atoms with Gasteiger partial charge in [0.15, 0.2) is 46.0 Å². The molecule has 0 N–H and O–H groups in total. The van der Waals surface area contributed by atoms with E-state index in [1.54, 1.807) is 150 Å². The lowest BCUT2D eigenvalue weighted by molar-refractivity contribution is 0.324. The Hall–Kier alpha value is -9.46. The molecule has 0 fully saturated rings. The number of hydrogen-bond donors (Lipinski definition) is 0. The van der Waals surface area contributed by atoms with Gasteiger partial charge >= 0.3 is 0 Å². The lowest BCUT2D eigenvalue weighted by Crippen LogP contribution is -2.04. The molecule has 0 unspecified atom stereocenters. The fourth-order valence-corrected chi connectivity index (χ4v) is 8.53. The van der Waals surface area contributed by atoms with Crippen molar-refractivity contribution in [3.63, 3.8) is 0 Å². The summed E-state index contributed by atoms with van der Waals surface area (Å²) in [5, 5.41) is 0. The van der Waals surface area contributed by atoms with Crippen LogP contribution in [0, 0.1) is 35.5 Å². The summed E-state index contributed by atoms with van der Waals surface area (Å²) in [6.45, 7) is 0. The third kappa shape index (κ3) is 12.8. The Morgan fingerprint density at radius 3 is 0.821 bits per heavy atom. The maximum Gasteiger partial charge on any atom is 0.203 e. The van der Waals surface area contributed by atoms with Gasteiger partial charge in [-0.2, -0.15) is 0 Å². The Morgan fingerprint density at radius 2 is 0.526 bits per heavy atom.